The normalized spacial score (nSPS) is 10.5. The molecule has 0 saturated carbocycles. The van der Waals surface area contributed by atoms with Crippen LogP contribution in [-0.2, 0) is 0 Å². The number of hydrogen-bond acceptors (Lipinski definition) is 2. The summed E-state index contributed by atoms with van der Waals surface area (Å²) in [5, 5.41) is 6.97. The number of hydrogen-bond donors (Lipinski definition) is 1. The summed E-state index contributed by atoms with van der Waals surface area (Å²) in [7, 11) is 0. The molecule has 0 radical (unpaired) electrons. The van der Waals surface area contributed by atoms with Crippen LogP contribution in [0.5, 0.6) is 0 Å². The van der Waals surface area contributed by atoms with Gasteiger partial charge in [-0.05, 0) is 38.5 Å². The smallest absolute Gasteiger partial charge is 0.0669 e. The summed E-state index contributed by atoms with van der Waals surface area (Å²) >= 11 is 0. The lowest BCUT2D eigenvalue weighted by atomic mass is 10.1. The van der Waals surface area contributed by atoms with Gasteiger partial charge in [-0.25, -0.2) is 0 Å². The van der Waals surface area contributed by atoms with Crippen LogP contribution in [0.1, 0.15) is 17.1 Å². The Kier molecular flexibility index (Phi) is 2.08. The van der Waals surface area contributed by atoms with Crippen LogP contribution >= 0.6 is 0 Å². The number of aromatic nitrogens is 3. The predicted octanol–water partition coefficient (Wildman–Crippen LogP) is 2.40. The van der Waals surface area contributed by atoms with Gasteiger partial charge >= 0.3 is 0 Å². The monoisotopic (exact) mass is 187 g/mol. The topological polar surface area (TPSA) is 41.6 Å². The van der Waals surface area contributed by atoms with Crippen LogP contribution in [0.2, 0.25) is 0 Å². The zero-order chi connectivity index (χ0) is 10.1. The van der Waals surface area contributed by atoms with E-state index in [0.29, 0.717) is 0 Å². The van der Waals surface area contributed by atoms with Gasteiger partial charge in [0, 0.05) is 23.1 Å². The molecule has 14 heavy (non-hydrogen) atoms. The van der Waals surface area contributed by atoms with Gasteiger partial charge in [0.2, 0.25) is 0 Å². The molecule has 0 aliphatic heterocycles. The minimum Gasteiger partial charge on any atom is -0.285 e. The number of aryl methyl sites for hydroxylation is 3. The number of H-pyrrole nitrogens is 1. The van der Waals surface area contributed by atoms with Crippen molar-refractivity contribution in [2.45, 2.75) is 20.8 Å². The Morgan fingerprint density at radius 3 is 2.21 bits per heavy atom. The van der Waals surface area contributed by atoms with Crippen molar-refractivity contribution < 1.29 is 0 Å². The summed E-state index contributed by atoms with van der Waals surface area (Å²) < 4.78 is 0. The van der Waals surface area contributed by atoms with Crippen molar-refractivity contribution in [2.75, 3.05) is 0 Å². The van der Waals surface area contributed by atoms with E-state index >= 15 is 0 Å². The Morgan fingerprint density at radius 2 is 1.71 bits per heavy atom. The Morgan fingerprint density at radius 1 is 1.07 bits per heavy atom. The Balaban J connectivity index is 2.57. The highest BCUT2D eigenvalue weighted by Gasteiger charge is 2.05. The largest absolute Gasteiger partial charge is 0.285 e. The highest BCUT2D eigenvalue weighted by molar-refractivity contribution is 5.65. The molecule has 0 aromatic carbocycles. The van der Waals surface area contributed by atoms with Crippen LogP contribution in [-0.4, -0.2) is 15.2 Å². The predicted molar refractivity (Wildman–Crippen MR) is 56.0 cm³/mol. The number of aromatic amines is 1. The van der Waals surface area contributed by atoms with Crippen LogP contribution in [0.25, 0.3) is 11.1 Å². The third-order valence-corrected chi connectivity index (χ3v) is 2.22. The van der Waals surface area contributed by atoms with Crippen LogP contribution in [0, 0.1) is 20.8 Å². The van der Waals surface area contributed by atoms with E-state index in [1.54, 1.807) is 0 Å². The molecule has 0 saturated heterocycles. The first-order chi connectivity index (χ1) is 6.66. The summed E-state index contributed by atoms with van der Waals surface area (Å²) in [5.41, 5.74) is 5.44. The van der Waals surface area contributed by atoms with Gasteiger partial charge in [-0.2, -0.15) is 5.10 Å². The fourth-order valence-corrected chi connectivity index (χ4v) is 1.64. The second-order valence-corrected chi connectivity index (χ2v) is 3.52. The van der Waals surface area contributed by atoms with Crippen molar-refractivity contribution in [3.05, 3.63) is 35.4 Å². The van der Waals surface area contributed by atoms with Crippen molar-refractivity contribution in [2.24, 2.45) is 0 Å². The minimum atomic E-state index is 1.02. The van der Waals surface area contributed by atoms with E-state index in [4.69, 9.17) is 0 Å². The van der Waals surface area contributed by atoms with Crippen molar-refractivity contribution >= 4 is 0 Å². The third-order valence-electron chi connectivity index (χ3n) is 2.22. The molecular formula is C11H13N3. The first kappa shape index (κ1) is 8.94. The van der Waals surface area contributed by atoms with E-state index in [1.807, 2.05) is 27.0 Å². The summed E-state index contributed by atoms with van der Waals surface area (Å²) in [5.74, 6) is 0. The molecule has 0 spiro atoms. The molecule has 3 heteroatoms. The molecule has 0 fully saturated rings. The molecule has 72 valence electrons. The number of pyridine rings is 1. The number of rotatable bonds is 1. The van der Waals surface area contributed by atoms with Gasteiger partial charge in [0.05, 0.1) is 5.69 Å². The molecule has 2 aromatic heterocycles. The summed E-state index contributed by atoms with van der Waals surface area (Å²) in [6.07, 6.45) is 1.92. The van der Waals surface area contributed by atoms with E-state index < -0.39 is 0 Å². The summed E-state index contributed by atoms with van der Waals surface area (Å²) in [6, 6.07) is 4.15. The molecule has 3 nitrogen and oxygen atoms in total. The zero-order valence-corrected chi connectivity index (χ0v) is 8.63. The maximum Gasteiger partial charge on any atom is 0.0669 e. The second-order valence-electron chi connectivity index (χ2n) is 3.52. The lowest BCUT2D eigenvalue weighted by molar-refractivity contribution is 1.05. The highest BCUT2D eigenvalue weighted by Crippen LogP contribution is 2.22. The molecule has 0 bridgehead atoms. The molecule has 1 N–H and O–H groups in total. The van der Waals surface area contributed by atoms with Gasteiger partial charge in [0.25, 0.3) is 0 Å². The standard InChI is InChI=1S/C11H13N3/c1-7-4-10(5-8(2)13-7)11-6-12-14-9(11)3/h4-6H,1-3H3,(H,12,14). The van der Waals surface area contributed by atoms with Crippen molar-refractivity contribution in [1.29, 1.82) is 0 Å². The molecule has 0 unspecified atom stereocenters. The van der Waals surface area contributed by atoms with Crippen LogP contribution < -0.4 is 0 Å². The first-order valence-electron chi connectivity index (χ1n) is 4.63. The molecule has 0 atom stereocenters. The van der Waals surface area contributed by atoms with Gasteiger partial charge in [-0.3, -0.25) is 10.1 Å². The molecule has 2 heterocycles. The first-order valence-corrected chi connectivity index (χ1v) is 4.63. The summed E-state index contributed by atoms with van der Waals surface area (Å²) in [6.45, 7) is 6.01. The van der Waals surface area contributed by atoms with Gasteiger partial charge in [-0.15, -0.1) is 0 Å². The molecule has 2 rings (SSSR count). The lowest BCUT2D eigenvalue weighted by Gasteiger charge is -2.02. The summed E-state index contributed by atoms with van der Waals surface area (Å²) in [4.78, 5) is 4.34. The maximum atomic E-state index is 4.34. The van der Waals surface area contributed by atoms with Crippen LogP contribution in [0.4, 0.5) is 0 Å². The van der Waals surface area contributed by atoms with Gasteiger partial charge in [-0.1, -0.05) is 0 Å². The number of nitrogens with zero attached hydrogens (tertiary/aromatic N) is 2. The minimum absolute atomic E-state index is 1.02. The van der Waals surface area contributed by atoms with E-state index in [0.717, 1.165) is 22.6 Å². The lowest BCUT2D eigenvalue weighted by Crippen LogP contribution is -1.88. The van der Waals surface area contributed by atoms with Crippen molar-refractivity contribution in [3.63, 3.8) is 0 Å². The molecule has 0 amide bonds. The zero-order valence-electron chi connectivity index (χ0n) is 8.63. The van der Waals surface area contributed by atoms with E-state index in [1.165, 1.54) is 5.56 Å². The number of nitrogens with one attached hydrogen (secondary N) is 1. The van der Waals surface area contributed by atoms with Crippen LogP contribution in [0.3, 0.4) is 0 Å². The van der Waals surface area contributed by atoms with Gasteiger partial charge in [0.1, 0.15) is 0 Å². The average molecular weight is 187 g/mol. The maximum absolute atomic E-state index is 4.34. The Hall–Kier alpha value is -1.64. The SMILES string of the molecule is Cc1cc(-c2c[nH]nc2C)cc(C)n1. The quantitative estimate of drug-likeness (QED) is 0.744. The Labute approximate surface area is 83.2 Å². The van der Waals surface area contributed by atoms with Crippen molar-refractivity contribution in [3.8, 4) is 11.1 Å². The molecule has 2 aromatic rings. The molecule has 0 aliphatic rings. The third kappa shape index (κ3) is 1.53. The van der Waals surface area contributed by atoms with E-state index in [9.17, 15) is 0 Å². The molecule has 0 aliphatic carbocycles. The van der Waals surface area contributed by atoms with Crippen LogP contribution in [0.15, 0.2) is 18.3 Å². The fraction of sp³-hybridized carbons (Fsp3) is 0.273. The van der Waals surface area contributed by atoms with Crippen molar-refractivity contribution in [1.82, 2.24) is 15.2 Å². The fourth-order valence-electron chi connectivity index (χ4n) is 1.64. The highest BCUT2D eigenvalue weighted by atomic mass is 15.1. The average Bonchev–Trinajstić information content (AvgIpc) is 2.49. The van der Waals surface area contributed by atoms with E-state index in [2.05, 4.69) is 27.3 Å². The van der Waals surface area contributed by atoms with Gasteiger partial charge in [0.15, 0.2) is 0 Å². The van der Waals surface area contributed by atoms with Gasteiger partial charge < -0.3 is 0 Å². The Bertz CT molecular complexity index is 437. The second kappa shape index (κ2) is 3.25. The van der Waals surface area contributed by atoms with E-state index in [-0.39, 0.29) is 0 Å². The molecular weight excluding hydrogens is 174 g/mol.